The van der Waals surface area contributed by atoms with Crippen LogP contribution in [0.4, 0.5) is 0 Å². The maximum Gasteiger partial charge on any atom is 0.220 e. The normalized spacial score (nSPS) is 11.3. The molecule has 0 amide bonds. The second-order valence-corrected chi connectivity index (χ2v) is 8.46. The van der Waals surface area contributed by atoms with Crippen LogP contribution in [0.5, 0.6) is 17.2 Å². The second kappa shape index (κ2) is 8.84. The van der Waals surface area contributed by atoms with Crippen molar-refractivity contribution in [2.75, 3.05) is 21.3 Å². The predicted octanol–water partition coefficient (Wildman–Crippen LogP) is 5.08. The van der Waals surface area contributed by atoms with Gasteiger partial charge in [-0.25, -0.2) is 0 Å². The molecule has 0 aliphatic carbocycles. The molecule has 0 aliphatic heterocycles. The van der Waals surface area contributed by atoms with E-state index >= 15 is 0 Å². The van der Waals surface area contributed by atoms with Gasteiger partial charge in [0.05, 0.1) is 44.1 Å². The lowest BCUT2D eigenvalue weighted by Gasteiger charge is -2.17. The molecule has 0 aliphatic rings. The van der Waals surface area contributed by atoms with Gasteiger partial charge in [-0.15, -0.1) is 0 Å². The molecule has 1 N–H and O–H groups in total. The topological polar surface area (TPSA) is 51.8 Å². The van der Waals surface area contributed by atoms with Gasteiger partial charge in [-0.05, 0) is 47.2 Å². The van der Waals surface area contributed by atoms with Crippen LogP contribution in [0.2, 0.25) is 0 Å². The number of ether oxygens (including phenoxy) is 3. The molecular formula is C29H28NO4+. The Kier molecular flexibility index (Phi) is 5.72. The molecule has 5 heteroatoms. The van der Waals surface area contributed by atoms with Gasteiger partial charge in [-0.3, -0.25) is 0 Å². The maximum absolute atomic E-state index is 10.3. The van der Waals surface area contributed by atoms with Crippen molar-refractivity contribution < 1.29 is 23.9 Å². The van der Waals surface area contributed by atoms with Gasteiger partial charge in [-0.1, -0.05) is 36.4 Å². The molecule has 0 spiro atoms. The van der Waals surface area contributed by atoms with Crippen LogP contribution in [0, 0.1) is 0 Å². The number of hydrogen-bond donors (Lipinski definition) is 1. The molecule has 0 fully saturated rings. The fraction of sp³-hybridized carbons (Fsp3) is 0.207. The van der Waals surface area contributed by atoms with Crippen molar-refractivity contribution in [3.05, 3.63) is 83.6 Å². The standard InChI is InChI=1S/C29H28NO4/c1-30-16-24-23(13-20(25(17-31)29(24)34-4)12-18-8-6-5-7-9-18)21-11-10-19-14-26(32-2)27(33-3)15-22(19)28(21)30/h5-11,13-16,31H,12,17H2,1-4H3/q+1. The summed E-state index contributed by atoms with van der Waals surface area (Å²) in [5.41, 5.74) is 4.16. The third-order valence-electron chi connectivity index (χ3n) is 6.58. The number of aliphatic hydroxyl groups is 1. The first-order valence-electron chi connectivity index (χ1n) is 11.2. The van der Waals surface area contributed by atoms with Crippen molar-refractivity contribution in [2.45, 2.75) is 13.0 Å². The molecule has 5 aromatic rings. The molecule has 0 bridgehead atoms. The molecule has 0 unspecified atom stereocenters. The molecule has 34 heavy (non-hydrogen) atoms. The second-order valence-electron chi connectivity index (χ2n) is 8.46. The monoisotopic (exact) mass is 454 g/mol. The van der Waals surface area contributed by atoms with E-state index in [1.54, 1.807) is 21.3 Å². The van der Waals surface area contributed by atoms with E-state index in [0.29, 0.717) is 17.9 Å². The zero-order valence-corrected chi connectivity index (χ0v) is 19.9. The van der Waals surface area contributed by atoms with Gasteiger partial charge in [0.15, 0.2) is 17.7 Å². The number of pyridine rings is 1. The van der Waals surface area contributed by atoms with Crippen LogP contribution in [0.3, 0.4) is 0 Å². The first-order chi connectivity index (χ1) is 16.6. The minimum atomic E-state index is -0.0856. The molecule has 5 nitrogen and oxygen atoms in total. The molecule has 4 aromatic carbocycles. The summed E-state index contributed by atoms with van der Waals surface area (Å²) in [6.07, 6.45) is 2.79. The van der Waals surface area contributed by atoms with E-state index in [1.807, 2.05) is 37.4 Å². The average Bonchev–Trinajstić information content (AvgIpc) is 2.87. The van der Waals surface area contributed by atoms with Gasteiger partial charge in [-0.2, -0.15) is 4.57 Å². The number of benzene rings is 4. The van der Waals surface area contributed by atoms with Gasteiger partial charge >= 0.3 is 0 Å². The van der Waals surface area contributed by atoms with Crippen molar-refractivity contribution in [3.63, 3.8) is 0 Å². The van der Waals surface area contributed by atoms with Crippen LogP contribution >= 0.6 is 0 Å². The first-order valence-corrected chi connectivity index (χ1v) is 11.2. The Bertz CT molecular complexity index is 1530. The molecule has 5 rings (SSSR count). The van der Waals surface area contributed by atoms with Crippen molar-refractivity contribution >= 4 is 32.4 Å². The van der Waals surface area contributed by atoms with Crippen LogP contribution in [0.15, 0.2) is 66.9 Å². The Labute approximate surface area is 198 Å². The molecule has 0 radical (unpaired) electrons. The largest absolute Gasteiger partial charge is 0.495 e. The fourth-order valence-electron chi connectivity index (χ4n) is 4.99. The van der Waals surface area contributed by atoms with Crippen molar-refractivity contribution in [2.24, 2.45) is 7.05 Å². The van der Waals surface area contributed by atoms with Crippen LogP contribution in [0.1, 0.15) is 16.7 Å². The highest BCUT2D eigenvalue weighted by molar-refractivity contribution is 6.15. The number of aryl methyl sites for hydroxylation is 1. The Morgan fingerprint density at radius 1 is 0.765 bits per heavy atom. The molecule has 172 valence electrons. The predicted molar refractivity (Wildman–Crippen MR) is 135 cm³/mol. The summed E-state index contributed by atoms with van der Waals surface area (Å²) >= 11 is 0. The third-order valence-corrected chi connectivity index (χ3v) is 6.58. The Morgan fingerprint density at radius 2 is 1.50 bits per heavy atom. The molecule has 0 saturated carbocycles. The van der Waals surface area contributed by atoms with E-state index in [9.17, 15) is 5.11 Å². The molecular weight excluding hydrogens is 426 g/mol. The number of methoxy groups -OCH3 is 3. The Morgan fingerprint density at radius 3 is 2.18 bits per heavy atom. The number of aliphatic hydroxyl groups excluding tert-OH is 1. The van der Waals surface area contributed by atoms with Crippen LogP contribution < -0.4 is 18.8 Å². The van der Waals surface area contributed by atoms with Crippen molar-refractivity contribution in [1.29, 1.82) is 0 Å². The maximum atomic E-state index is 10.3. The number of aromatic nitrogens is 1. The van der Waals surface area contributed by atoms with E-state index in [0.717, 1.165) is 49.3 Å². The van der Waals surface area contributed by atoms with Gasteiger partial charge in [0.2, 0.25) is 5.52 Å². The molecule has 0 saturated heterocycles. The van der Waals surface area contributed by atoms with Crippen LogP contribution in [-0.2, 0) is 20.1 Å². The quantitative estimate of drug-likeness (QED) is 0.287. The molecule has 1 aromatic heterocycles. The zero-order chi connectivity index (χ0) is 23.8. The van der Waals surface area contributed by atoms with Crippen molar-refractivity contribution in [3.8, 4) is 17.2 Å². The minimum absolute atomic E-state index is 0.0856. The average molecular weight is 455 g/mol. The highest BCUT2D eigenvalue weighted by Gasteiger charge is 2.22. The lowest BCUT2D eigenvalue weighted by atomic mass is 9.93. The number of rotatable bonds is 6. The Balaban J connectivity index is 1.87. The fourth-order valence-corrected chi connectivity index (χ4v) is 4.99. The zero-order valence-electron chi connectivity index (χ0n) is 19.9. The SMILES string of the molecule is COc1cc2ccc3c4cc(Cc5ccccc5)c(CO)c(OC)c4c[n+](C)c3c2cc1OC. The van der Waals surface area contributed by atoms with Crippen LogP contribution in [0.25, 0.3) is 32.4 Å². The van der Waals surface area contributed by atoms with E-state index < -0.39 is 0 Å². The van der Waals surface area contributed by atoms with E-state index in [1.165, 1.54) is 5.56 Å². The molecule has 1 heterocycles. The summed E-state index contributed by atoms with van der Waals surface area (Å²) in [6.45, 7) is -0.0856. The van der Waals surface area contributed by atoms with E-state index in [4.69, 9.17) is 14.2 Å². The summed E-state index contributed by atoms with van der Waals surface area (Å²) in [6, 6.07) is 20.8. The number of hydrogen-bond acceptors (Lipinski definition) is 4. The summed E-state index contributed by atoms with van der Waals surface area (Å²) in [5.74, 6) is 2.12. The van der Waals surface area contributed by atoms with Gasteiger partial charge in [0.1, 0.15) is 12.8 Å². The molecule has 0 atom stereocenters. The Hall–Kier alpha value is -3.83. The summed E-state index contributed by atoms with van der Waals surface area (Å²) in [4.78, 5) is 0. The van der Waals surface area contributed by atoms with Crippen molar-refractivity contribution in [1.82, 2.24) is 0 Å². The van der Waals surface area contributed by atoms with E-state index in [2.05, 4.69) is 41.1 Å². The highest BCUT2D eigenvalue weighted by atomic mass is 16.5. The number of nitrogens with zero attached hydrogens (tertiary/aromatic N) is 1. The first kappa shape index (κ1) is 22.0. The van der Waals surface area contributed by atoms with Gasteiger partial charge in [0.25, 0.3) is 0 Å². The minimum Gasteiger partial charge on any atom is -0.495 e. The van der Waals surface area contributed by atoms with Gasteiger partial charge in [0, 0.05) is 10.9 Å². The lowest BCUT2D eigenvalue weighted by molar-refractivity contribution is -0.642. The smallest absolute Gasteiger partial charge is 0.220 e. The third kappa shape index (κ3) is 3.49. The van der Waals surface area contributed by atoms with Gasteiger partial charge < -0.3 is 19.3 Å². The summed E-state index contributed by atoms with van der Waals surface area (Å²) in [7, 11) is 7.01. The number of fused-ring (bicyclic) bond motifs is 5. The highest BCUT2D eigenvalue weighted by Crippen LogP contribution is 2.40. The van der Waals surface area contributed by atoms with E-state index in [-0.39, 0.29) is 6.61 Å². The van der Waals surface area contributed by atoms with Crippen LogP contribution in [-0.4, -0.2) is 26.4 Å². The lowest BCUT2D eigenvalue weighted by Crippen LogP contribution is -2.29. The summed E-state index contributed by atoms with van der Waals surface area (Å²) < 4.78 is 19.1. The summed E-state index contributed by atoms with van der Waals surface area (Å²) in [5, 5.41) is 15.6.